The van der Waals surface area contributed by atoms with Crippen molar-refractivity contribution in [2.75, 3.05) is 0 Å². The minimum Gasteiger partial charge on any atom is -0.349 e. The van der Waals surface area contributed by atoms with Crippen LogP contribution in [0.5, 0.6) is 0 Å². The largest absolute Gasteiger partial charge is 0.349 e. The van der Waals surface area contributed by atoms with Crippen molar-refractivity contribution in [1.29, 1.82) is 0 Å². The number of hydrogen-bond acceptors (Lipinski definition) is 3. The van der Waals surface area contributed by atoms with Gasteiger partial charge in [0.25, 0.3) is 5.91 Å². The van der Waals surface area contributed by atoms with Crippen LogP contribution in [0.1, 0.15) is 40.5 Å². The molecule has 2 aromatic carbocycles. The number of hydrogen-bond donors (Lipinski definition) is 1. The number of carbonyl (C=O) groups excluding carboxylic acids is 1. The van der Waals surface area contributed by atoms with E-state index >= 15 is 0 Å². The monoisotopic (exact) mass is 359 g/mol. The minimum atomic E-state index is -0.122. The first kappa shape index (κ1) is 18.8. The molecular formula is C23H25N3O. The van der Waals surface area contributed by atoms with Gasteiger partial charge < -0.3 is 5.32 Å². The second-order valence-electron chi connectivity index (χ2n) is 6.96. The first-order valence-electron chi connectivity index (χ1n) is 9.28. The quantitative estimate of drug-likeness (QED) is 0.704. The Morgan fingerprint density at radius 3 is 2.41 bits per heavy atom. The van der Waals surface area contributed by atoms with Gasteiger partial charge in [-0.25, -0.2) is 9.97 Å². The fourth-order valence-corrected chi connectivity index (χ4v) is 2.93. The topological polar surface area (TPSA) is 54.9 Å². The highest BCUT2D eigenvalue weighted by atomic mass is 16.1. The Morgan fingerprint density at radius 2 is 1.74 bits per heavy atom. The molecule has 1 heterocycles. The van der Waals surface area contributed by atoms with Crippen molar-refractivity contribution in [2.45, 2.75) is 39.7 Å². The molecule has 138 valence electrons. The molecule has 1 unspecified atom stereocenters. The van der Waals surface area contributed by atoms with E-state index in [1.807, 2.05) is 63.2 Å². The fourth-order valence-electron chi connectivity index (χ4n) is 2.93. The lowest BCUT2D eigenvalue weighted by Crippen LogP contribution is -2.33. The van der Waals surface area contributed by atoms with Gasteiger partial charge in [0.1, 0.15) is 0 Å². The standard InChI is InChI=1S/C23H25N3O/c1-16-9-13-20(14-10-16)22-24-15-21(18(3)26-22)23(27)25-17(2)11-12-19-7-5-4-6-8-19/h4-10,13-15,17H,11-12H2,1-3H3,(H,25,27). The van der Waals surface area contributed by atoms with Crippen LogP contribution in [0.15, 0.2) is 60.8 Å². The van der Waals surface area contributed by atoms with Crippen molar-refractivity contribution in [2.24, 2.45) is 0 Å². The number of aromatic nitrogens is 2. The highest BCUT2D eigenvalue weighted by Crippen LogP contribution is 2.17. The molecule has 0 saturated heterocycles. The highest BCUT2D eigenvalue weighted by molar-refractivity contribution is 5.95. The van der Waals surface area contributed by atoms with Crippen LogP contribution >= 0.6 is 0 Å². The molecule has 0 saturated carbocycles. The van der Waals surface area contributed by atoms with Crippen molar-refractivity contribution in [3.63, 3.8) is 0 Å². The van der Waals surface area contributed by atoms with E-state index in [0.29, 0.717) is 17.1 Å². The lowest BCUT2D eigenvalue weighted by atomic mass is 10.1. The van der Waals surface area contributed by atoms with Crippen molar-refractivity contribution in [3.05, 3.63) is 83.2 Å². The average Bonchev–Trinajstić information content (AvgIpc) is 2.67. The number of amides is 1. The molecule has 4 nitrogen and oxygen atoms in total. The Kier molecular flexibility index (Phi) is 5.97. The molecule has 0 fully saturated rings. The van der Waals surface area contributed by atoms with Crippen LogP contribution in [-0.2, 0) is 6.42 Å². The molecule has 1 atom stereocenters. The molecule has 0 aliphatic heterocycles. The predicted octanol–water partition coefficient (Wildman–Crippen LogP) is 4.51. The summed E-state index contributed by atoms with van der Waals surface area (Å²) in [7, 11) is 0. The Balaban J connectivity index is 1.63. The van der Waals surface area contributed by atoms with E-state index in [2.05, 4.69) is 27.4 Å². The summed E-state index contributed by atoms with van der Waals surface area (Å²) in [5.41, 5.74) is 4.63. The number of nitrogens with one attached hydrogen (secondary N) is 1. The van der Waals surface area contributed by atoms with Gasteiger partial charge in [-0.3, -0.25) is 4.79 Å². The summed E-state index contributed by atoms with van der Waals surface area (Å²) in [6, 6.07) is 18.4. The van der Waals surface area contributed by atoms with Crippen LogP contribution in [0.4, 0.5) is 0 Å². The second kappa shape index (κ2) is 8.58. The van der Waals surface area contributed by atoms with Gasteiger partial charge in [-0.05, 0) is 39.2 Å². The number of aryl methyl sites for hydroxylation is 3. The SMILES string of the molecule is Cc1ccc(-c2ncc(C(=O)NC(C)CCc3ccccc3)c(C)n2)cc1. The van der Waals surface area contributed by atoms with E-state index in [9.17, 15) is 4.79 Å². The van der Waals surface area contributed by atoms with E-state index in [1.54, 1.807) is 6.20 Å². The maximum absolute atomic E-state index is 12.6. The molecule has 1 aromatic heterocycles. The number of benzene rings is 2. The number of rotatable bonds is 6. The van der Waals surface area contributed by atoms with E-state index in [-0.39, 0.29) is 11.9 Å². The molecular weight excluding hydrogens is 334 g/mol. The number of carbonyl (C=O) groups is 1. The van der Waals surface area contributed by atoms with E-state index in [1.165, 1.54) is 11.1 Å². The number of nitrogens with zero attached hydrogens (tertiary/aromatic N) is 2. The van der Waals surface area contributed by atoms with Gasteiger partial charge in [-0.15, -0.1) is 0 Å². The summed E-state index contributed by atoms with van der Waals surface area (Å²) in [4.78, 5) is 21.5. The summed E-state index contributed by atoms with van der Waals surface area (Å²) in [6.45, 7) is 5.92. The summed E-state index contributed by atoms with van der Waals surface area (Å²) in [6.07, 6.45) is 3.44. The normalized spacial score (nSPS) is 11.8. The summed E-state index contributed by atoms with van der Waals surface area (Å²) in [5.74, 6) is 0.518. The summed E-state index contributed by atoms with van der Waals surface area (Å²) in [5, 5.41) is 3.06. The Morgan fingerprint density at radius 1 is 1.04 bits per heavy atom. The van der Waals surface area contributed by atoms with Crippen LogP contribution in [0.3, 0.4) is 0 Å². The molecule has 0 spiro atoms. The van der Waals surface area contributed by atoms with Crippen LogP contribution in [0.2, 0.25) is 0 Å². The van der Waals surface area contributed by atoms with E-state index in [0.717, 1.165) is 18.4 Å². The van der Waals surface area contributed by atoms with Gasteiger partial charge in [0.15, 0.2) is 5.82 Å². The minimum absolute atomic E-state index is 0.0777. The van der Waals surface area contributed by atoms with Crippen molar-refractivity contribution in [3.8, 4) is 11.4 Å². The second-order valence-corrected chi connectivity index (χ2v) is 6.96. The van der Waals surface area contributed by atoms with Gasteiger partial charge in [0.05, 0.1) is 11.3 Å². The molecule has 4 heteroatoms. The third kappa shape index (κ3) is 5.00. The maximum Gasteiger partial charge on any atom is 0.254 e. The van der Waals surface area contributed by atoms with Crippen molar-refractivity contribution in [1.82, 2.24) is 15.3 Å². The molecule has 3 rings (SSSR count). The lowest BCUT2D eigenvalue weighted by molar-refractivity contribution is 0.0937. The zero-order valence-corrected chi connectivity index (χ0v) is 16.1. The van der Waals surface area contributed by atoms with Gasteiger partial charge >= 0.3 is 0 Å². The Hall–Kier alpha value is -3.01. The summed E-state index contributed by atoms with van der Waals surface area (Å²) >= 11 is 0. The molecule has 1 amide bonds. The summed E-state index contributed by atoms with van der Waals surface area (Å²) < 4.78 is 0. The van der Waals surface area contributed by atoms with Crippen molar-refractivity contribution < 1.29 is 4.79 Å². The van der Waals surface area contributed by atoms with E-state index in [4.69, 9.17) is 0 Å². The molecule has 0 aliphatic rings. The first-order chi connectivity index (χ1) is 13.0. The van der Waals surface area contributed by atoms with Crippen LogP contribution in [-0.4, -0.2) is 21.9 Å². The molecule has 1 N–H and O–H groups in total. The van der Waals surface area contributed by atoms with Gasteiger partial charge in [0.2, 0.25) is 0 Å². The van der Waals surface area contributed by atoms with Crippen LogP contribution in [0, 0.1) is 13.8 Å². The molecule has 0 bridgehead atoms. The van der Waals surface area contributed by atoms with Gasteiger partial charge in [0, 0.05) is 17.8 Å². The zero-order valence-electron chi connectivity index (χ0n) is 16.1. The van der Waals surface area contributed by atoms with Gasteiger partial charge in [-0.2, -0.15) is 0 Å². The average molecular weight is 359 g/mol. The highest BCUT2D eigenvalue weighted by Gasteiger charge is 2.15. The van der Waals surface area contributed by atoms with Gasteiger partial charge in [-0.1, -0.05) is 60.2 Å². The molecule has 0 aliphatic carbocycles. The van der Waals surface area contributed by atoms with E-state index < -0.39 is 0 Å². The third-order valence-corrected chi connectivity index (χ3v) is 4.62. The zero-order chi connectivity index (χ0) is 19.2. The predicted molar refractivity (Wildman–Crippen MR) is 109 cm³/mol. The molecule has 27 heavy (non-hydrogen) atoms. The first-order valence-corrected chi connectivity index (χ1v) is 9.28. The molecule has 3 aromatic rings. The fraction of sp³-hybridized carbons (Fsp3) is 0.261. The third-order valence-electron chi connectivity index (χ3n) is 4.62. The molecule has 0 radical (unpaired) electrons. The Labute approximate surface area is 160 Å². The van der Waals surface area contributed by atoms with Crippen LogP contribution < -0.4 is 5.32 Å². The Bertz CT molecular complexity index is 905. The van der Waals surface area contributed by atoms with Crippen LogP contribution in [0.25, 0.3) is 11.4 Å². The maximum atomic E-state index is 12.6. The smallest absolute Gasteiger partial charge is 0.254 e. The van der Waals surface area contributed by atoms with Crippen molar-refractivity contribution >= 4 is 5.91 Å². The lowest BCUT2D eigenvalue weighted by Gasteiger charge is -2.15.